The molecule has 3 nitrogen and oxygen atoms in total. The number of ether oxygens (including phenoxy) is 1. The van der Waals surface area contributed by atoms with Crippen molar-refractivity contribution in [3.8, 4) is 16.2 Å². The van der Waals surface area contributed by atoms with Gasteiger partial charge in [-0.1, -0.05) is 41.9 Å². The highest BCUT2D eigenvalue weighted by molar-refractivity contribution is 7.22. The highest BCUT2D eigenvalue weighted by Crippen LogP contribution is 2.40. The zero-order valence-corrected chi connectivity index (χ0v) is 23.0. The van der Waals surface area contributed by atoms with Crippen LogP contribution in [0.15, 0.2) is 66.7 Å². The van der Waals surface area contributed by atoms with Crippen molar-refractivity contribution in [1.29, 1.82) is 0 Å². The average molecular weight is 531 g/mol. The number of fused-ring (bicyclic) bond motifs is 1. The van der Waals surface area contributed by atoms with Gasteiger partial charge < -0.3 is 4.74 Å². The van der Waals surface area contributed by atoms with Crippen molar-refractivity contribution in [2.24, 2.45) is 0 Å². The molecule has 3 heterocycles. The first kappa shape index (κ1) is 24.9. The Hall–Kier alpha value is -2.37. The molecule has 0 atom stereocenters. The average Bonchev–Trinajstić information content (AvgIpc) is 3.69. The molecule has 0 unspecified atom stereocenters. The van der Waals surface area contributed by atoms with E-state index in [0.717, 1.165) is 36.9 Å². The number of hydrogen-bond donors (Lipinski definition) is 0. The van der Waals surface area contributed by atoms with Gasteiger partial charge in [0.1, 0.15) is 12.4 Å². The van der Waals surface area contributed by atoms with Gasteiger partial charge >= 0.3 is 0 Å². The smallest absolute Gasteiger partial charge is 0.119 e. The maximum absolute atomic E-state index is 6.78. The lowest BCUT2D eigenvalue weighted by Crippen LogP contribution is -2.25. The number of likely N-dealkylation sites (tertiary alicyclic amines) is 2. The number of nitrogens with zero attached hydrogens (tertiary/aromatic N) is 2. The van der Waals surface area contributed by atoms with Crippen LogP contribution in [0.25, 0.3) is 20.5 Å². The van der Waals surface area contributed by atoms with Crippen molar-refractivity contribution in [2.75, 3.05) is 39.3 Å². The van der Waals surface area contributed by atoms with Gasteiger partial charge in [0.2, 0.25) is 0 Å². The van der Waals surface area contributed by atoms with E-state index in [4.69, 9.17) is 16.3 Å². The summed E-state index contributed by atoms with van der Waals surface area (Å²) in [5.41, 5.74) is 5.14. The van der Waals surface area contributed by atoms with Crippen LogP contribution in [-0.2, 0) is 13.0 Å². The standard InChI is InChI=1S/C32H35ClN2OS/c33-30-22-24(9-10-26(30)23-35-17-5-6-18-35)21-29-28-7-1-2-8-31(28)37-32(29)25-11-13-27(14-12-25)36-20-19-34-15-3-4-16-34/h1-2,7-14,22H,3-6,15-21,23H2. The molecule has 2 aliphatic heterocycles. The molecule has 6 rings (SSSR count). The Morgan fingerprint density at radius 1 is 0.811 bits per heavy atom. The van der Waals surface area contributed by atoms with E-state index in [1.165, 1.54) is 89.1 Å². The van der Waals surface area contributed by atoms with Crippen molar-refractivity contribution in [2.45, 2.75) is 38.6 Å². The Morgan fingerprint density at radius 3 is 2.30 bits per heavy atom. The highest BCUT2D eigenvalue weighted by atomic mass is 35.5. The summed E-state index contributed by atoms with van der Waals surface area (Å²) in [7, 11) is 0. The second kappa shape index (κ2) is 11.6. The van der Waals surface area contributed by atoms with Crippen LogP contribution in [0.4, 0.5) is 0 Å². The molecule has 0 N–H and O–H groups in total. The van der Waals surface area contributed by atoms with Crippen molar-refractivity contribution in [3.63, 3.8) is 0 Å². The van der Waals surface area contributed by atoms with Crippen molar-refractivity contribution in [1.82, 2.24) is 9.80 Å². The van der Waals surface area contributed by atoms with Gasteiger partial charge in [-0.05, 0) is 122 Å². The predicted molar refractivity (Wildman–Crippen MR) is 157 cm³/mol. The maximum atomic E-state index is 6.78. The molecular formula is C32H35ClN2OS. The number of thiophene rings is 1. The molecule has 3 aromatic carbocycles. The molecule has 37 heavy (non-hydrogen) atoms. The first-order valence-electron chi connectivity index (χ1n) is 13.7. The summed E-state index contributed by atoms with van der Waals surface area (Å²) in [6.07, 6.45) is 6.12. The summed E-state index contributed by atoms with van der Waals surface area (Å²) in [4.78, 5) is 6.33. The molecule has 0 spiro atoms. The van der Waals surface area contributed by atoms with E-state index in [1.54, 1.807) is 0 Å². The first-order chi connectivity index (χ1) is 18.2. The van der Waals surface area contributed by atoms with E-state index < -0.39 is 0 Å². The molecule has 1 aromatic heterocycles. The van der Waals surface area contributed by atoms with Gasteiger partial charge in [-0.3, -0.25) is 9.80 Å². The fourth-order valence-electron chi connectivity index (χ4n) is 5.72. The molecular weight excluding hydrogens is 496 g/mol. The Labute approximate surface area is 229 Å². The van der Waals surface area contributed by atoms with E-state index in [2.05, 4.69) is 76.5 Å². The van der Waals surface area contributed by atoms with Crippen LogP contribution in [0.3, 0.4) is 0 Å². The third-order valence-corrected chi connectivity index (χ3v) is 9.39. The molecule has 192 valence electrons. The normalized spacial score (nSPS) is 16.7. The molecule has 2 saturated heterocycles. The van der Waals surface area contributed by atoms with Crippen molar-refractivity contribution < 1.29 is 4.74 Å². The van der Waals surface area contributed by atoms with Gasteiger partial charge in [0, 0.05) is 27.7 Å². The quantitative estimate of drug-likeness (QED) is 0.219. The molecule has 0 aliphatic carbocycles. The number of rotatable bonds is 9. The zero-order chi connectivity index (χ0) is 25.0. The summed E-state index contributed by atoms with van der Waals surface area (Å²) in [5.74, 6) is 0.950. The SMILES string of the molecule is Clc1cc(Cc2c(-c3ccc(OCCN4CCCC4)cc3)sc3ccccc23)ccc1CN1CCCC1. The molecule has 2 aliphatic rings. The highest BCUT2D eigenvalue weighted by Gasteiger charge is 2.17. The summed E-state index contributed by atoms with van der Waals surface area (Å²) in [6.45, 7) is 7.52. The monoisotopic (exact) mass is 530 g/mol. The van der Waals surface area contributed by atoms with Crippen LogP contribution in [0.2, 0.25) is 5.02 Å². The minimum Gasteiger partial charge on any atom is -0.492 e. The largest absolute Gasteiger partial charge is 0.492 e. The first-order valence-corrected chi connectivity index (χ1v) is 14.9. The Balaban J connectivity index is 1.21. The fourth-order valence-corrected chi connectivity index (χ4v) is 7.21. The third kappa shape index (κ3) is 5.88. The van der Waals surface area contributed by atoms with Gasteiger partial charge in [0.15, 0.2) is 0 Å². The zero-order valence-electron chi connectivity index (χ0n) is 21.4. The van der Waals surface area contributed by atoms with Crippen LogP contribution < -0.4 is 4.74 Å². The Morgan fingerprint density at radius 2 is 1.54 bits per heavy atom. The summed E-state index contributed by atoms with van der Waals surface area (Å²) in [6, 6.07) is 24.1. The lowest BCUT2D eigenvalue weighted by atomic mass is 9.98. The number of benzene rings is 3. The van der Waals surface area contributed by atoms with Gasteiger partial charge in [-0.2, -0.15) is 0 Å². The fraction of sp³-hybridized carbons (Fsp3) is 0.375. The molecule has 0 bridgehead atoms. The third-order valence-electron chi connectivity index (χ3n) is 7.78. The van der Waals surface area contributed by atoms with E-state index >= 15 is 0 Å². The lowest BCUT2D eigenvalue weighted by molar-refractivity contribution is 0.238. The molecule has 4 aromatic rings. The molecule has 0 amide bonds. The number of hydrogen-bond acceptors (Lipinski definition) is 4. The predicted octanol–water partition coefficient (Wildman–Crippen LogP) is 7.88. The van der Waals surface area contributed by atoms with E-state index in [9.17, 15) is 0 Å². The summed E-state index contributed by atoms with van der Waals surface area (Å²) < 4.78 is 7.39. The van der Waals surface area contributed by atoms with Crippen LogP contribution in [0, 0.1) is 0 Å². The van der Waals surface area contributed by atoms with Crippen LogP contribution in [0.1, 0.15) is 42.4 Å². The van der Waals surface area contributed by atoms with E-state index in [-0.39, 0.29) is 0 Å². The Bertz CT molecular complexity index is 1340. The van der Waals surface area contributed by atoms with E-state index in [0.29, 0.717) is 0 Å². The maximum Gasteiger partial charge on any atom is 0.119 e. The van der Waals surface area contributed by atoms with Crippen molar-refractivity contribution >= 4 is 33.0 Å². The van der Waals surface area contributed by atoms with Gasteiger partial charge in [0.25, 0.3) is 0 Å². The second-order valence-corrected chi connectivity index (χ2v) is 11.9. The minimum atomic E-state index is 0.752. The molecule has 0 radical (unpaired) electrons. The molecule has 2 fully saturated rings. The number of halogens is 1. The van der Waals surface area contributed by atoms with Gasteiger partial charge in [0.05, 0.1) is 0 Å². The summed E-state index contributed by atoms with van der Waals surface area (Å²) >= 11 is 8.66. The topological polar surface area (TPSA) is 15.7 Å². The minimum absolute atomic E-state index is 0.752. The van der Waals surface area contributed by atoms with Crippen LogP contribution in [-0.4, -0.2) is 49.1 Å². The van der Waals surface area contributed by atoms with E-state index in [1.807, 2.05) is 11.3 Å². The molecule has 5 heteroatoms. The Kier molecular flexibility index (Phi) is 7.80. The van der Waals surface area contributed by atoms with Crippen molar-refractivity contribution in [3.05, 3.63) is 88.4 Å². The van der Waals surface area contributed by atoms with Gasteiger partial charge in [-0.15, -0.1) is 11.3 Å². The van der Waals surface area contributed by atoms with Crippen LogP contribution >= 0.6 is 22.9 Å². The summed E-state index contributed by atoms with van der Waals surface area (Å²) in [5, 5.41) is 2.23. The lowest BCUT2D eigenvalue weighted by Gasteiger charge is -2.16. The second-order valence-electron chi connectivity index (χ2n) is 10.4. The van der Waals surface area contributed by atoms with Gasteiger partial charge in [-0.25, -0.2) is 0 Å². The van der Waals surface area contributed by atoms with Crippen LogP contribution in [0.5, 0.6) is 5.75 Å². The molecule has 0 saturated carbocycles.